The van der Waals surface area contributed by atoms with Crippen molar-refractivity contribution in [3.05, 3.63) is 0 Å². The van der Waals surface area contributed by atoms with Crippen LogP contribution in [0.2, 0.25) is 0 Å². The lowest BCUT2D eigenvalue weighted by Gasteiger charge is -2.24. The number of alkyl halides is 3. The van der Waals surface area contributed by atoms with Crippen LogP contribution in [0.1, 0.15) is 45.4 Å². The summed E-state index contributed by atoms with van der Waals surface area (Å²) in [4.78, 5) is 8.70. The molecule has 0 aliphatic carbocycles. The van der Waals surface area contributed by atoms with Gasteiger partial charge in [0.25, 0.3) is 0 Å². The molecule has 18 heavy (non-hydrogen) atoms. The molecular weight excluding hydrogens is 253 g/mol. The first-order valence-corrected chi connectivity index (χ1v) is 6.09. The second-order valence-corrected chi connectivity index (χ2v) is 4.19. The predicted molar refractivity (Wildman–Crippen MR) is 56.2 cm³/mol. The summed E-state index contributed by atoms with van der Waals surface area (Å²) in [5.41, 5.74) is 0. The number of methoxy groups -OCH3 is 1. The third kappa shape index (κ3) is 3.81. The van der Waals surface area contributed by atoms with E-state index in [9.17, 15) is 13.2 Å². The topological polar surface area (TPSA) is 36.9 Å². The van der Waals surface area contributed by atoms with Crippen LogP contribution in [0.25, 0.3) is 0 Å². The maximum atomic E-state index is 12.6. The van der Waals surface area contributed by atoms with Gasteiger partial charge >= 0.3 is 12.1 Å². The Bertz CT molecular complexity index is 247. The Morgan fingerprint density at radius 3 is 2.33 bits per heavy atom. The van der Waals surface area contributed by atoms with Crippen molar-refractivity contribution in [3.8, 4) is 0 Å². The summed E-state index contributed by atoms with van der Waals surface area (Å²) in [6.07, 6.45) is -0.529. The lowest BCUT2D eigenvalue weighted by atomic mass is 10.1. The van der Waals surface area contributed by atoms with Crippen LogP contribution in [0, 0.1) is 0 Å². The lowest BCUT2D eigenvalue weighted by Crippen LogP contribution is -2.48. The number of hydrogen-bond donors (Lipinski definition) is 0. The van der Waals surface area contributed by atoms with E-state index in [0.717, 1.165) is 39.2 Å². The molecule has 1 rings (SSSR count). The molecule has 0 aromatic rings. The SMILES string of the molecule is CCCCCCCC1OOC(OC)(C(F)(F)F)O1. The van der Waals surface area contributed by atoms with Gasteiger partial charge in [-0.2, -0.15) is 22.9 Å². The van der Waals surface area contributed by atoms with E-state index in [1.54, 1.807) is 0 Å². The highest BCUT2D eigenvalue weighted by atomic mass is 19.4. The van der Waals surface area contributed by atoms with Crippen LogP contribution >= 0.6 is 0 Å². The quantitative estimate of drug-likeness (QED) is 0.525. The van der Waals surface area contributed by atoms with E-state index in [2.05, 4.69) is 26.2 Å². The molecule has 0 amide bonds. The van der Waals surface area contributed by atoms with Gasteiger partial charge in [-0.15, -0.1) is 0 Å². The summed E-state index contributed by atoms with van der Waals surface area (Å²) in [6.45, 7) is 2.09. The van der Waals surface area contributed by atoms with E-state index < -0.39 is 18.4 Å². The van der Waals surface area contributed by atoms with Crippen molar-refractivity contribution in [1.82, 2.24) is 0 Å². The van der Waals surface area contributed by atoms with Crippen molar-refractivity contribution in [2.24, 2.45) is 0 Å². The van der Waals surface area contributed by atoms with Gasteiger partial charge in [0.2, 0.25) is 0 Å². The van der Waals surface area contributed by atoms with Gasteiger partial charge in [-0.3, -0.25) is 4.74 Å². The molecule has 0 bridgehead atoms. The highest BCUT2D eigenvalue weighted by Gasteiger charge is 2.65. The standard InChI is InChI=1S/C11H19F3O4/c1-3-4-5-6-7-8-9-16-11(15-2,18-17-9)10(12,13)14/h9H,3-8H2,1-2H3. The fourth-order valence-electron chi connectivity index (χ4n) is 1.66. The zero-order chi connectivity index (χ0) is 13.6. The second kappa shape index (κ2) is 6.70. The molecule has 0 N–H and O–H groups in total. The van der Waals surface area contributed by atoms with Crippen LogP contribution in [0.5, 0.6) is 0 Å². The fourth-order valence-corrected chi connectivity index (χ4v) is 1.66. The zero-order valence-corrected chi connectivity index (χ0v) is 10.6. The van der Waals surface area contributed by atoms with Gasteiger partial charge in [0.05, 0.1) is 0 Å². The summed E-state index contributed by atoms with van der Waals surface area (Å²) < 4.78 is 46.8. The Balaban J connectivity index is 2.32. The van der Waals surface area contributed by atoms with E-state index in [4.69, 9.17) is 0 Å². The van der Waals surface area contributed by atoms with Crippen molar-refractivity contribution in [2.75, 3.05) is 7.11 Å². The molecule has 1 saturated heterocycles. The minimum atomic E-state index is -4.79. The molecule has 0 saturated carbocycles. The van der Waals surface area contributed by atoms with Crippen LogP contribution in [0.3, 0.4) is 0 Å². The Kier molecular flexibility index (Phi) is 5.84. The zero-order valence-electron chi connectivity index (χ0n) is 10.6. The monoisotopic (exact) mass is 272 g/mol. The molecular formula is C11H19F3O4. The smallest absolute Gasteiger partial charge is 0.322 e. The van der Waals surface area contributed by atoms with Gasteiger partial charge in [0, 0.05) is 13.5 Å². The average molecular weight is 272 g/mol. The molecule has 1 heterocycles. The minimum Gasteiger partial charge on any atom is -0.322 e. The minimum absolute atomic E-state index is 0.352. The molecule has 4 nitrogen and oxygen atoms in total. The molecule has 0 spiro atoms. The molecule has 2 unspecified atom stereocenters. The summed E-state index contributed by atoms with van der Waals surface area (Å²) >= 11 is 0. The van der Waals surface area contributed by atoms with Gasteiger partial charge in [-0.25, -0.2) is 0 Å². The van der Waals surface area contributed by atoms with E-state index in [1.807, 2.05) is 0 Å². The first-order valence-electron chi connectivity index (χ1n) is 6.09. The fraction of sp³-hybridized carbons (Fsp3) is 1.00. The number of hydrogen-bond acceptors (Lipinski definition) is 4. The van der Waals surface area contributed by atoms with E-state index >= 15 is 0 Å². The lowest BCUT2D eigenvalue weighted by molar-refractivity contribution is -0.491. The van der Waals surface area contributed by atoms with Crippen molar-refractivity contribution in [1.29, 1.82) is 0 Å². The third-order valence-corrected chi connectivity index (χ3v) is 2.71. The molecule has 2 atom stereocenters. The van der Waals surface area contributed by atoms with Crippen molar-refractivity contribution in [3.63, 3.8) is 0 Å². The summed E-state index contributed by atoms with van der Waals surface area (Å²) in [7, 11) is 0.862. The molecule has 0 radical (unpaired) electrons. The Hall–Kier alpha value is -0.370. The normalized spacial score (nSPS) is 28.8. The van der Waals surface area contributed by atoms with Gasteiger partial charge in [-0.1, -0.05) is 32.6 Å². The van der Waals surface area contributed by atoms with Gasteiger partial charge < -0.3 is 4.74 Å². The highest BCUT2D eigenvalue weighted by molar-refractivity contribution is 4.70. The number of ether oxygens (including phenoxy) is 2. The van der Waals surface area contributed by atoms with E-state index in [1.165, 1.54) is 0 Å². The third-order valence-electron chi connectivity index (χ3n) is 2.71. The number of halogens is 3. The van der Waals surface area contributed by atoms with Crippen LogP contribution in [-0.2, 0) is 19.2 Å². The Labute approximate surface area is 104 Å². The highest BCUT2D eigenvalue weighted by Crippen LogP contribution is 2.41. The maximum Gasteiger partial charge on any atom is 0.475 e. The largest absolute Gasteiger partial charge is 0.475 e. The number of rotatable bonds is 7. The molecule has 7 heteroatoms. The molecule has 1 aliphatic heterocycles. The molecule has 0 aromatic heterocycles. The van der Waals surface area contributed by atoms with Gasteiger partial charge in [0.15, 0.2) is 6.29 Å². The Morgan fingerprint density at radius 2 is 1.83 bits per heavy atom. The van der Waals surface area contributed by atoms with Crippen LogP contribution in [0.15, 0.2) is 0 Å². The maximum absolute atomic E-state index is 12.6. The van der Waals surface area contributed by atoms with E-state index in [0.29, 0.717) is 6.42 Å². The van der Waals surface area contributed by atoms with Gasteiger partial charge in [-0.05, 0) is 6.42 Å². The second-order valence-electron chi connectivity index (χ2n) is 4.19. The summed E-state index contributed by atoms with van der Waals surface area (Å²) in [6, 6.07) is 0. The molecule has 108 valence electrons. The molecule has 0 aromatic carbocycles. The van der Waals surface area contributed by atoms with Crippen LogP contribution in [-0.4, -0.2) is 25.5 Å². The molecule has 1 aliphatic rings. The Morgan fingerprint density at radius 1 is 1.17 bits per heavy atom. The van der Waals surface area contributed by atoms with Crippen molar-refractivity contribution in [2.45, 2.75) is 63.9 Å². The summed E-state index contributed by atoms with van der Waals surface area (Å²) in [5.74, 6) is -3.08. The molecule has 1 fully saturated rings. The predicted octanol–water partition coefficient (Wildman–Crippen LogP) is 3.51. The van der Waals surface area contributed by atoms with E-state index in [-0.39, 0.29) is 0 Å². The van der Waals surface area contributed by atoms with Crippen molar-refractivity contribution < 1.29 is 32.4 Å². The first-order chi connectivity index (χ1) is 8.45. The van der Waals surface area contributed by atoms with Crippen molar-refractivity contribution >= 4 is 0 Å². The average Bonchev–Trinajstić information content (AvgIpc) is 2.73. The first kappa shape index (κ1) is 15.7. The van der Waals surface area contributed by atoms with Crippen LogP contribution < -0.4 is 0 Å². The summed E-state index contributed by atoms with van der Waals surface area (Å²) in [5, 5.41) is 0. The number of unbranched alkanes of at least 4 members (excludes halogenated alkanes) is 4. The van der Waals surface area contributed by atoms with Gasteiger partial charge in [0.1, 0.15) is 0 Å². The van der Waals surface area contributed by atoms with Crippen LogP contribution in [0.4, 0.5) is 13.2 Å².